The predicted molar refractivity (Wildman–Crippen MR) is 46.1 cm³/mol. The van der Waals surface area contributed by atoms with Gasteiger partial charge in [-0.2, -0.15) is 5.21 Å². The zero-order valence-electron chi connectivity index (χ0n) is 6.77. The van der Waals surface area contributed by atoms with Crippen molar-refractivity contribution in [3.63, 3.8) is 0 Å². The van der Waals surface area contributed by atoms with Crippen molar-refractivity contribution in [2.24, 2.45) is 0 Å². The number of nitrogens with one attached hydrogen (secondary N) is 1. The first kappa shape index (κ1) is 7.66. The van der Waals surface area contributed by atoms with E-state index in [1.54, 1.807) is 6.08 Å². The summed E-state index contributed by atoms with van der Waals surface area (Å²) >= 11 is 0. The zero-order valence-corrected chi connectivity index (χ0v) is 6.77. The van der Waals surface area contributed by atoms with Gasteiger partial charge in [-0.15, -0.1) is 16.8 Å². The summed E-state index contributed by atoms with van der Waals surface area (Å²) in [6.45, 7) is 3.96. The summed E-state index contributed by atoms with van der Waals surface area (Å²) < 4.78 is 1.41. The van der Waals surface area contributed by atoms with Crippen molar-refractivity contribution in [2.45, 2.75) is 6.54 Å². The van der Waals surface area contributed by atoms with Crippen LogP contribution in [0, 0.1) is 0 Å². The minimum Gasteiger partial charge on any atom is -0.293 e. The highest BCUT2D eigenvalue weighted by Gasteiger charge is 2.05. The summed E-state index contributed by atoms with van der Waals surface area (Å²) in [5.41, 5.74) is 0.383. The van der Waals surface area contributed by atoms with Gasteiger partial charge in [0.05, 0.1) is 0 Å². The van der Waals surface area contributed by atoms with Gasteiger partial charge in [-0.3, -0.25) is 9.36 Å². The highest BCUT2D eigenvalue weighted by molar-refractivity contribution is 5.66. The van der Waals surface area contributed by atoms with Crippen LogP contribution in [0.2, 0.25) is 0 Å². The minimum atomic E-state index is -0.210. The number of rotatable bonds is 2. The summed E-state index contributed by atoms with van der Waals surface area (Å²) in [6.07, 6.45) is 3.05. The van der Waals surface area contributed by atoms with E-state index in [4.69, 9.17) is 0 Å². The molecule has 0 saturated heterocycles. The van der Waals surface area contributed by atoms with Gasteiger partial charge < -0.3 is 0 Å². The van der Waals surface area contributed by atoms with Gasteiger partial charge in [0.2, 0.25) is 5.65 Å². The van der Waals surface area contributed by atoms with Crippen molar-refractivity contribution in [3.8, 4) is 0 Å². The molecule has 0 fully saturated rings. The molecule has 66 valence electrons. The summed E-state index contributed by atoms with van der Waals surface area (Å²) in [7, 11) is 0. The molecule has 0 aromatic carbocycles. The Bertz CT molecular complexity index is 497. The maximum atomic E-state index is 11.5. The first-order valence-electron chi connectivity index (χ1n) is 3.69. The van der Waals surface area contributed by atoms with E-state index < -0.39 is 0 Å². The average Bonchev–Trinajstić information content (AvgIpc) is 2.58. The van der Waals surface area contributed by atoms with Crippen LogP contribution >= 0.6 is 0 Å². The van der Waals surface area contributed by atoms with Gasteiger partial charge in [-0.25, -0.2) is 4.98 Å². The van der Waals surface area contributed by atoms with E-state index in [2.05, 4.69) is 27.0 Å². The SMILES string of the molecule is C=CCn1cnc2n[nH]nc2c1=O. The molecule has 2 rings (SSSR count). The summed E-state index contributed by atoms with van der Waals surface area (Å²) in [6, 6.07) is 0. The van der Waals surface area contributed by atoms with Crippen molar-refractivity contribution in [1.29, 1.82) is 0 Å². The lowest BCUT2D eigenvalue weighted by Crippen LogP contribution is -2.19. The molecule has 6 heteroatoms. The Morgan fingerprint density at radius 3 is 3.23 bits per heavy atom. The smallest absolute Gasteiger partial charge is 0.283 e. The summed E-state index contributed by atoms with van der Waals surface area (Å²) in [5.74, 6) is 0. The standard InChI is InChI=1S/C7H7N5O/c1-2-3-12-4-8-6-5(7(12)13)9-11-10-6/h2,4H,1,3H2,(H,9,10,11). The Kier molecular flexibility index (Phi) is 1.66. The van der Waals surface area contributed by atoms with Gasteiger partial charge in [-0.1, -0.05) is 6.08 Å². The second-order valence-corrected chi connectivity index (χ2v) is 2.49. The van der Waals surface area contributed by atoms with Crippen molar-refractivity contribution < 1.29 is 0 Å². The van der Waals surface area contributed by atoms with Crippen LogP contribution in [0.5, 0.6) is 0 Å². The van der Waals surface area contributed by atoms with Crippen LogP contribution in [0.1, 0.15) is 0 Å². The molecule has 2 aromatic rings. The van der Waals surface area contributed by atoms with Crippen LogP contribution in [0.25, 0.3) is 11.2 Å². The van der Waals surface area contributed by atoms with E-state index in [0.29, 0.717) is 12.2 Å². The molecule has 2 aromatic heterocycles. The Hall–Kier alpha value is -1.98. The third-order valence-corrected chi connectivity index (χ3v) is 1.64. The Morgan fingerprint density at radius 1 is 1.62 bits per heavy atom. The summed E-state index contributed by atoms with van der Waals surface area (Å²) in [5, 5.41) is 9.74. The van der Waals surface area contributed by atoms with Gasteiger partial charge in [0, 0.05) is 6.54 Å². The largest absolute Gasteiger partial charge is 0.293 e. The minimum absolute atomic E-state index is 0.210. The monoisotopic (exact) mass is 177 g/mol. The van der Waals surface area contributed by atoms with Crippen molar-refractivity contribution in [2.75, 3.05) is 0 Å². The first-order chi connectivity index (χ1) is 6.33. The quantitative estimate of drug-likeness (QED) is 0.639. The first-order valence-corrected chi connectivity index (χ1v) is 3.69. The molecule has 0 saturated carbocycles. The number of nitrogens with zero attached hydrogens (tertiary/aromatic N) is 4. The van der Waals surface area contributed by atoms with Crippen molar-refractivity contribution in [3.05, 3.63) is 29.3 Å². The third kappa shape index (κ3) is 1.12. The highest BCUT2D eigenvalue weighted by atomic mass is 16.1. The lowest BCUT2D eigenvalue weighted by molar-refractivity contribution is 0.765. The van der Waals surface area contributed by atoms with Gasteiger partial charge in [0.15, 0.2) is 5.52 Å². The maximum absolute atomic E-state index is 11.5. The van der Waals surface area contributed by atoms with E-state index in [-0.39, 0.29) is 11.1 Å². The molecule has 13 heavy (non-hydrogen) atoms. The number of aromatic nitrogens is 5. The lowest BCUT2D eigenvalue weighted by atomic mass is 10.5. The molecule has 0 spiro atoms. The molecule has 0 aliphatic heterocycles. The van der Waals surface area contributed by atoms with E-state index in [1.165, 1.54) is 10.9 Å². The number of H-pyrrole nitrogens is 1. The molecule has 0 bridgehead atoms. The zero-order chi connectivity index (χ0) is 9.26. The van der Waals surface area contributed by atoms with E-state index in [9.17, 15) is 4.79 Å². The molecule has 1 N–H and O–H groups in total. The number of hydrogen-bond donors (Lipinski definition) is 1. The van der Waals surface area contributed by atoms with Crippen molar-refractivity contribution in [1.82, 2.24) is 25.0 Å². The molecular formula is C7H7N5O. The van der Waals surface area contributed by atoms with Gasteiger partial charge in [0.25, 0.3) is 5.56 Å². The van der Waals surface area contributed by atoms with Gasteiger partial charge in [0.1, 0.15) is 6.33 Å². The normalized spacial score (nSPS) is 10.5. The lowest BCUT2D eigenvalue weighted by Gasteiger charge is -1.97. The van der Waals surface area contributed by atoms with Crippen molar-refractivity contribution >= 4 is 11.2 Å². The number of allylic oxidation sites excluding steroid dienone is 1. The van der Waals surface area contributed by atoms with Crippen LogP contribution in [-0.2, 0) is 6.54 Å². The Balaban J connectivity index is 2.73. The van der Waals surface area contributed by atoms with E-state index >= 15 is 0 Å². The van der Waals surface area contributed by atoms with Crippen LogP contribution < -0.4 is 5.56 Å². The number of hydrogen-bond acceptors (Lipinski definition) is 4. The van der Waals surface area contributed by atoms with Crippen LogP contribution in [0.3, 0.4) is 0 Å². The second-order valence-electron chi connectivity index (χ2n) is 2.49. The topological polar surface area (TPSA) is 76.5 Å². The van der Waals surface area contributed by atoms with Gasteiger partial charge >= 0.3 is 0 Å². The van der Waals surface area contributed by atoms with E-state index in [0.717, 1.165) is 0 Å². The molecule has 2 heterocycles. The van der Waals surface area contributed by atoms with Crippen LogP contribution in [0.4, 0.5) is 0 Å². The molecule has 0 radical (unpaired) electrons. The molecule has 0 aliphatic carbocycles. The number of aromatic amines is 1. The predicted octanol–water partition coefficient (Wildman–Crippen LogP) is -0.299. The fraction of sp³-hybridized carbons (Fsp3) is 0.143. The fourth-order valence-corrected chi connectivity index (χ4v) is 1.04. The molecule has 0 unspecified atom stereocenters. The van der Waals surface area contributed by atoms with Gasteiger partial charge in [-0.05, 0) is 0 Å². The maximum Gasteiger partial charge on any atom is 0.283 e. The fourth-order valence-electron chi connectivity index (χ4n) is 1.04. The molecule has 6 nitrogen and oxygen atoms in total. The third-order valence-electron chi connectivity index (χ3n) is 1.64. The van der Waals surface area contributed by atoms with Crippen LogP contribution in [0.15, 0.2) is 23.8 Å². The Morgan fingerprint density at radius 2 is 2.46 bits per heavy atom. The highest BCUT2D eigenvalue weighted by Crippen LogP contribution is 1.95. The van der Waals surface area contributed by atoms with E-state index in [1.807, 2.05) is 0 Å². The Labute approximate surface area is 72.9 Å². The molecule has 0 aliphatic rings. The molecular weight excluding hydrogens is 170 g/mol. The average molecular weight is 177 g/mol. The van der Waals surface area contributed by atoms with Crippen LogP contribution in [-0.4, -0.2) is 25.0 Å². The molecule has 0 atom stereocenters. The number of fused-ring (bicyclic) bond motifs is 1. The molecule has 0 amide bonds. The second kappa shape index (κ2) is 2.81. The summed E-state index contributed by atoms with van der Waals surface area (Å²) in [4.78, 5) is 15.5.